The Kier molecular flexibility index (Phi) is 2.02. The second-order valence-electron chi connectivity index (χ2n) is 2.72. The molecule has 2 N–H and O–H groups in total. The van der Waals surface area contributed by atoms with E-state index in [-0.39, 0.29) is 6.01 Å². The normalized spacial score (nSPS) is 10.1. The van der Waals surface area contributed by atoms with Crippen molar-refractivity contribution in [1.29, 1.82) is 0 Å². The predicted octanol–water partition coefficient (Wildman–Crippen LogP) is 0.585. The third-order valence-corrected chi connectivity index (χ3v) is 1.59. The van der Waals surface area contributed by atoms with E-state index in [9.17, 15) is 0 Å². The molecule has 0 aliphatic heterocycles. The average Bonchev–Trinajstić information content (AvgIpc) is 2.56. The molecule has 2 aromatic rings. The molecule has 0 radical (unpaired) electrons. The van der Waals surface area contributed by atoms with E-state index in [0.29, 0.717) is 11.4 Å². The van der Waals surface area contributed by atoms with Gasteiger partial charge in [0.25, 0.3) is 0 Å². The van der Waals surface area contributed by atoms with Crippen LogP contribution in [0.25, 0.3) is 0 Å². The molecule has 6 heteroatoms. The third-order valence-electron chi connectivity index (χ3n) is 1.59. The predicted molar refractivity (Wildman–Crippen MR) is 49.7 cm³/mol. The number of hydrogen-bond donors (Lipinski definition) is 1. The molecule has 2 rings (SSSR count). The van der Waals surface area contributed by atoms with Crippen molar-refractivity contribution in [2.75, 3.05) is 5.73 Å². The summed E-state index contributed by atoms with van der Waals surface area (Å²) >= 11 is 0. The largest absolute Gasteiger partial charge is 0.421 e. The quantitative estimate of drug-likeness (QED) is 0.751. The van der Waals surface area contributed by atoms with E-state index in [1.54, 1.807) is 30.3 Å². The second-order valence-corrected chi connectivity index (χ2v) is 2.72. The molecule has 0 unspecified atom stereocenters. The number of rotatable bonds is 2. The molecule has 0 saturated carbocycles. The van der Waals surface area contributed by atoms with Gasteiger partial charge in [-0.25, -0.2) is 0 Å². The van der Waals surface area contributed by atoms with E-state index in [1.165, 1.54) is 6.20 Å². The summed E-state index contributed by atoms with van der Waals surface area (Å²) in [5.41, 5.74) is 6.08. The summed E-state index contributed by atoms with van der Waals surface area (Å²) in [6.45, 7) is 0. The van der Waals surface area contributed by atoms with Crippen molar-refractivity contribution in [1.82, 2.24) is 19.7 Å². The second kappa shape index (κ2) is 3.33. The maximum atomic E-state index is 5.63. The molecule has 0 amide bonds. The lowest BCUT2D eigenvalue weighted by atomic mass is 10.4. The Morgan fingerprint density at radius 3 is 3.00 bits per heavy atom. The summed E-state index contributed by atoms with van der Waals surface area (Å²) in [5.74, 6) is 0.506. The molecule has 72 valence electrons. The summed E-state index contributed by atoms with van der Waals surface area (Å²) in [6, 6.07) is 1.93. The van der Waals surface area contributed by atoms with Gasteiger partial charge in [-0.3, -0.25) is 9.67 Å². The van der Waals surface area contributed by atoms with E-state index < -0.39 is 0 Å². The van der Waals surface area contributed by atoms with Crippen LogP contribution < -0.4 is 10.5 Å². The summed E-state index contributed by atoms with van der Waals surface area (Å²) in [5, 5.41) is 3.95. The molecule has 0 bridgehead atoms. The first kappa shape index (κ1) is 8.49. The van der Waals surface area contributed by atoms with Crippen molar-refractivity contribution < 1.29 is 4.74 Å². The maximum Gasteiger partial charge on any atom is 0.341 e. The number of nitrogen functional groups attached to an aromatic ring is 1. The molecule has 0 aromatic carbocycles. The average molecular weight is 191 g/mol. The van der Waals surface area contributed by atoms with Crippen LogP contribution in [0.1, 0.15) is 0 Å². The molecule has 2 aromatic heterocycles. The molecule has 14 heavy (non-hydrogen) atoms. The topological polar surface area (TPSA) is 78.8 Å². The fraction of sp³-hybridized carbons (Fsp3) is 0.125. The van der Waals surface area contributed by atoms with Crippen molar-refractivity contribution in [2.45, 2.75) is 0 Å². The van der Waals surface area contributed by atoms with E-state index in [4.69, 9.17) is 10.5 Å². The highest BCUT2D eigenvalue weighted by Gasteiger charge is 2.04. The summed E-state index contributed by atoms with van der Waals surface area (Å²) in [4.78, 5) is 7.75. The van der Waals surface area contributed by atoms with Crippen LogP contribution in [-0.2, 0) is 7.05 Å². The van der Waals surface area contributed by atoms with E-state index in [2.05, 4.69) is 15.1 Å². The van der Waals surface area contributed by atoms with Gasteiger partial charge in [0.05, 0.1) is 11.9 Å². The molecule has 0 atom stereocenters. The first-order valence-corrected chi connectivity index (χ1v) is 3.98. The van der Waals surface area contributed by atoms with E-state index in [0.717, 1.165) is 0 Å². The van der Waals surface area contributed by atoms with Gasteiger partial charge in [-0.15, -0.1) is 5.10 Å². The molecule has 0 aliphatic rings. The van der Waals surface area contributed by atoms with Crippen LogP contribution in [0, 0.1) is 0 Å². The molecular weight excluding hydrogens is 182 g/mol. The fourth-order valence-corrected chi connectivity index (χ4v) is 0.951. The Balaban J connectivity index is 2.23. The van der Waals surface area contributed by atoms with Crippen molar-refractivity contribution in [3.05, 3.63) is 24.8 Å². The fourth-order valence-electron chi connectivity index (χ4n) is 0.951. The minimum absolute atomic E-state index is 0.269. The first-order valence-electron chi connectivity index (χ1n) is 3.98. The maximum absolute atomic E-state index is 5.63. The van der Waals surface area contributed by atoms with E-state index >= 15 is 0 Å². The Morgan fingerprint density at radius 2 is 2.36 bits per heavy atom. The lowest BCUT2D eigenvalue weighted by Gasteiger charge is -2.02. The minimum Gasteiger partial charge on any atom is -0.421 e. The molecule has 6 nitrogen and oxygen atoms in total. The van der Waals surface area contributed by atoms with Crippen molar-refractivity contribution in [3.63, 3.8) is 0 Å². The van der Waals surface area contributed by atoms with Crippen LogP contribution in [0.4, 0.5) is 5.69 Å². The Hall–Kier alpha value is -2.11. The van der Waals surface area contributed by atoms with Gasteiger partial charge in [0.1, 0.15) is 6.33 Å². The van der Waals surface area contributed by atoms with Crippen LogP contribution in [0.5, 0.6) is 11.8 Å². The Bertz CT molecular complexity index is 439. The molecule has 0 spiro atoms. The Labute approximate surface area is 80.4 Å². The number of aromatic nitrogens is 4. The number of hydrogen-bond acceptors (Lipinski definition) is 5. The monoisotopic (exact) mass is 191 g/mol. The first-order chi connectivity index (χ1) is 6.75. The molecule has 0 fully saturated rings. The molecular formula is C8H9N5O. The number of nitrogens with two attached hydrogens (primary N) is 1. The van der Waals surface area contributed by atoms with Crippen molar-refractivity contribution in [3.8, 4) is 11.8 Å². The smallest absolute Gasteiger partial charge is 0.341 e. The lowest BCUT2D eigenvalue weighted by molar-refractivity contribution is 0.440. The standard InChI is InChI=1S/C8H9N5O/c1-13-5-11-8(12-13)14-7-2-3-10-4-6(7)9/h2-5H,9H2,1H3. The van der Waals surface area contributed by atoms with Gasteiger partial charge in [-0.2, -0.15) is 4.98 Å². The number of anilines is 1. The highest BCUT2D eigenvalue weighted by atomic mass is 16.5. The highest BCUT2D eigenvalue weighted by Crippen LogP contribution is 2.22. The number of nitrogens with zero attached hydrogens (tertiary/aromatic N) is 4. The van der Waals surface area contributed by atoms with Crippen LogP contribution in [0.3, 0.4) is 0 Å². The van der Waals surface area contributed by atoms with Crippen LogP contribution in [-0.4, -0.2) is 19.7 Å². The van der Waals surface area contributed by atoms with Gasteiger partial charge < -0.3 is 10.5 Å². The zero-order chi connectivity index (χ0) is 9.97. The van der Waals surface area contributed by atoms with Crippen LogP contribution in [0.2, 0.25) is 0 Å². The number of ether oxygens (including phenoxy) is 1. The van der Waals surface area contributed by atoms with Gasteiger partial charge >= 0.3 is 6.01 Å². The molecule has 2 heterocycles. The van der Waals surface area contributed by atoms with Gasteiger partial charge in [-0.1, -0.05) is 0 Å². The molecule has 0 saturated heterocycles. The zero-order valence-electron chi connectivity index (χ0n) is 7.58. The van der Waals surface area contributed by atoms with Gasteiger partial charge in [0.2, 0.25) is 0 Å². The number of pyridine rings is 1. The van der Waals surface area contributed by atoms with Gasteiger partial charge in [-0.05, 0) is 0 Å². The third kappa shape index (κ3) is 1.63. The highest BCUT2D eigenvalue weighted by molar-refractivity contribution is 5.50. The summed E-state index contributed by atoms with van der Waals surface area (Å²) in [7, 11) is 1.76. The van der Waals surface area contributed by atoms with Gasteiger partial charge in [0.15, 0.2) is 5.75 Å². The van der Waals surface area contributed by atoms with E-state index in [1.807, 2.05) is 0 Å². The van der Waals surface area contributed by atoms with Crippen LogP contribution in [0.15, 0.2) is 24.8 Å². The summed E-state index contributed by atoms with van der Waals surface area (Å²) < 4.78 is 6.87. The molecule has 0 aliphatic carbocycles. The Morgan fingerprint density at radius 1 is 1.50 bits per heavy atom. The minimum atomic E-state index is 0.269. The summed E-state index contributed by atoms with van der Waals surface area (Å²) in [6.07, 6.45) is 4.65. The number of aryl methyl sites for hydroxylation is 1. The van der Waals surface area contributed by atoms with Crippen molar-refractivity contribution >= 4 is 5.69 Å². The SMILES string of the molecule is Cn1cnc(Oc2ccncc2N)n1. The van der Waals surface area contributed by atoms with Gasteiger partial charge in [0, 0.05) is 19.3 Å². The zero-order valence-corrected chi connectivity index (χ0v) is 7.58. The van der Waals surface area contributed by atoms with Crippen LogP contribution >= 0.6 is 0 Å². The lowest BCUT2D eigenvalue weighted by Crippen LogP contribution is -1.94. The van der Waals surface area contributed by atoms with Crippen molar-refractivity contribution in [2.24, 2.45) is 7.05 Å².